The van der Waals surface area contributed by atoms with E-state index in [1.807, 2.05) is 13.0 Å². The normalized spacial score (nSPS) is 26.5. The van der Waals surface area contributed by atoms with Gasteiger partial charge >= 0.3 is 0 Å². The summed E-state index contributed by atoms with van der Waals surface area (Å²) >= 11 is 0. The Balaban J connectivity index is 1.47. The van der Waals surface area contributed by atoms with E-state index < -0.39 is 23.7 Å². The fraction of sp³-hybridized carbons (Fsp3) is 0.556. The van der Waals surface area contributed by atoms with E-state index in [-0.39, 0.29) is 17.5 Å². The van der Waals surface area contributed by atoms with Crippen molar-refractivity contribution in [1.82, 2.24) is 14.8 Å². The first-order valence-corrected chi connectivity index (χ1v) is 14.2. The molecule has 1 aromatic carbocycles. The number of hydrogen-bond acceptors (Lipinski definition) is 4. The summed E-state index contributed by atoms with van der Waals surface area (Å²) in [6.07, 6.45) is 3.54. The Hall–Kier alpha value is -1.88. The van der Waals surface area contributed by atoms with Crippen molar-refractivity contribution in [3.63, 3.8) is 0 Å². The maximum absolute atomic E-state index is 14.5. The number of alkyl halides is 2. The summed E-state index contributed by atoms with van der Waals surface area (Å²) in [7, 11) is 6.88. The molecule has 2 N–H and O–H groups in total. The Morgan fingerprint density at radius 1 is 1.19 bits per heavy atom. The van der Waals surface area contributed by atoms with Crippen molar-refractivity contribution in [2.24, 2.45) is 5.92 Å². The minimum atomic E-state index is -1.29. The number of pyridine rings is 1. The predicted molar refractivity (Wildman–Crippen MR) is 150 cm³/mol. The van der Waals surface area contributed by atoms with Crippen LogP contribution in [0.15, 0.2) is 35.3 Å². The number of benzene rings is 1. The molecule has 1 amide bonds. The Kier molecular flexibility index (Phi) is 7.23. The van der Waals surface area contributed by atoms with Gasteiger partial charge in [-0.05, 0) is 68.9 Å². The number of fused-ring (bicyclic) bond motifs is 2. The van der Waals surface area contributed by atoms with Crippen molar-refractivity contribution in [2.75, 3.05) is 18.9 Å². The molecule has 1 saturated heterocycles. The lowest BCUT2D eigenvalue weighted by Gasteiger charge is -2.31. The third-order valence-corrected chi connectivity index (χ3v) is 9.91. The molecule has 5 rings (SSSR count). The summed E-state index contributed by atoms with van der Waals surface area (Å²) in [5, 5.41) is 7.26. The molecular weight excluding hydrogens is 512 g/mol. The number of nitrogens with one attached hydrogen (secondary N) is 2. The Bertz CT molecular complexity index is 1260. The van der Waals surface area contributed by atoms with Crippen LogP contribution in [0.3, 0.4) is 0 Å². The zero-order chi connectivity index (χ0) is 26.6. The van der Waals surface area contributed by atoms with Crippen LogP contribution in [0, 0.1) is 5.92 Å². The lowest BCUT2D eigenvalue weighted by molar-refractivity contribution is 0.0939. The van der Waals surface area contributed by atoms with Crippen LogP contribution in [0.1, 0.15) is 73.2 Å². The molecule has 2 heterocycles. The number of hydrogen-bond donors (Lipinski definition) is 2. The lowest BCUT2D eigenvalue weighted by atomic mass is 10.0. The molecule has 1 aromatic heterocycles. The van der Waals surface area contributed by atoms with Gasteiger partial charge in [0, 0.05) is 30.9 Å². The molecule has 200 valence electrons. The van der Waals surface area contributed by atoms with Gasteiger partial charge in [-0.2, -0.15) is 0 Å². The number of nitrogens with zero attached hydrogens (tertiary/aromatic N) is 2. The van der Waals surface area contributed by atoms with Gasteiger partial charge in [-0.25, -0.2) is 8.78 Å². The topological polar surface area (TPSA) is 66.4 Å². The third kappa shape index (κ3) is 4.86. The van der Waals surface area contributed by atoms with Crippen molar-refractivity contribution in [3.8, 4) is 0 Å². The molecule has 2 saturated carbocycles. The molecular formula is C27H36F2N4O2P2. The maximum Gasteiger partial charge on any atom is 0.255 e. The standard InChI is InChI=1S/C27H36F2N4O2P2/c1-14(28)18-5-4-6-19(24(18)36)15(2)30-25(35)20-13-33(27(7-8-27)26(29)37)23(34)11-22(20)31-21-10-17-9-16(21)12-32(17)3/h4-6,11,13-17,21,26,31H,7-10,12,36-37H2,1-3H3,(H,30,35)/t14?,15-,16+,17+,21+,26?/m1/s1. The van der Waals surface area contributed by atoms with Crippen LogP contribution in [0.4, 0.5) is 14.5 Å². The SMILES string of the molecule is CC(F)c1cccc([C@@H](C)NC(=O)c2cn(C3(C(F)P)CC3)c(=O)cc2N[C@H]2C[C@@H]3C[C@H]2CN3C)c1P. The Labute approximate surface area is 221 Å². The first-order valence-electron chi connectivity index (χ1n) is 13.0. The molecule has 6 nitrogen and oxygen atoms in total. The van der Waals surface area contributed by atoms with E-state index in [9.17, 15) is 18.4 Å². The molecule has 0 spiro atoms. The summed E-state index contributed by atoms with van der Waals surface area (Å²) < 4.78 is 30.0. The summed E-state index contributed by atoms with van der Waals surface area (Å²) in [4.78, 5) is 29.2. The number of likely N-dealkylation sites (tertiary alicyclic amines) is 1. The number of carbonyl (C=O) groups is 1. The number of rotatable bonds is 8. The highest BCUT2D eigenvalue weighted by molar-refractivity contribution is 7.27. The van der Waals surface area contributed by atoms with Crippen LogP contribution < -0.4 is 21.5 Å². The van der Waals surface area contributed by atoms with Gasteiger partial charge in [0.25, 0.3) is 11.5 Å². The third-order valence-electron chi connectivity index (χ3n) is 8.63. The number of carbonyl (C=O) groups excluding carboxylic acids is 1. The van der Waals surface area contributed by atoms with Gasteiger partial charge < -0.3 is 20.1 Å². The average molecular weight is 549 g/mol. The summed E-state index contributed by atoms with van der Waals surface area (Å²) in [6, 6.07) is 7.11. The average Bonchev–Trinajstić information content (AvgIpc) is 3.44. The van der Waals surface area contributed by atoms with E-state index in [2.05, 4.69) is 41.1 Å². The van der Waals surface area contributed by atoms with Gasteiger partial charge in [0.15, 0.2) is 0 Å². The van der Waals surface area contributed by atoms with Crippen molar-refractivity contribution in [2.45, 2.75) is 75.3 Å². The second-order valence-electron chi connectivity index (χ2n) is 11.1. The fourth-order valence-electron chi connectivity index (χ4n) is 6.19. The second-order valence-corrected chi connectivity index (χ2v) is 12.2. The molecule has 37 heavy (non-hydrogen) atoms. The van der Waals surface area contributed by atoms with Crippen LogP contribution in [-0.4, -0.2) is 47.0 Å². The zero-order valence-electron chi connectivity index (χ0n) is 21.5. The molecule has 1 aliphatic heterocycles. The number of aromatic nitrogens is 1. The molecule has 8 atom stereocenters. The fourth-order valence-corrected chi connectivity index (χ4v) is 7.36. The van der Waals surface area contributed by atoms with Crippen molar-refractivity contribution in [1.29, 1.82) is 0 Å². The minimum Gasteiger partial charge on any atom is -0.381 e. The lowest BCUT2D eigenvalue weighted by Crippen LogP contribution is -2.40. The number of amides is 1. The first kappa shape index (κ1) is 26.7. The van der Waals surface area contributed by atoms with E-state index in [1.54, 1.807) is 12.1 Å². The van der Waals surface area contributed by atoms with Crippen LogP contribution in [0.2, 0.25) is 0 Å². The molecule has 4 unspecified atom stereocenters. The van der Waals surface area contributed by atoms with E-state index in [1.165, 1.54) is 23.8 Å². The summed E-state index contributed by atoms with van der Waals surface area (Å²) in [5.74, 6) is -1.19. The quantitative estimate of drug-likeness (QED) is 0.489. The van der Waals surface area contributed by atoms with Gasteiger partial charge in [-0.3, -0.25) is 9.59 Å². The smallest absolute Gasteiger partial charge is 0.255 e. The van der Waals surface area contributed by atoms with Gasteiger partial charge in [0.2, 0.25) is 0 Å². The molecule has 2 aromatic rings. The number of piperidine rings is 1. The van der Waals surface area contributed by atoms with E-state index in [4.69, 9.17) is 0 Å². The monoisotopic (exact) mass is 548 g/mol. The van der Waals surface area contributed by atoms with Gasteiger partial charge in [0.1, 0.15) is 12.1 Å². The van der Waals surface area contributed by atoms with E-state index >= 15 is 0 Å². The van der Waals surface area contributed by atoms with Crippen LogP contribution in [0.25, 0.3) is 0 Å². The predicted octanol–water partition coefficient (Wildman–Crippen LogP) is 4.03. The van der Waals surface area contributed by atoms with Gasteiger partial charge in [0.05, 0.1) is 22.8 Å². The number of halogens is 2. The van der Waals surface area contributed by atoms with Crippen LogP contribution >= 0.6 is 18.5 Å². The Morgan fingerprint density at radius 2 is 1.89 bits per heavy atom. The molecule has 10 heteroatoms. The molecule has 2 aliphatic carbocycles. The Morgan fingerprint density at radius 3 is 2.46 bits per heavy atom. The largest absolute Gasteiger partial charge is 0.381 e. The number of anilines is 1. The van der Waals surface area contributed by atoms with Crippen LogP contribution in [-0.2, 0) is 5.54 Å². The van der Waals surface area contributed by atoms with Crippen LogP contribution in [0.5, 0.6) is 0 Å². The highest BCUT2D eigenvalue weighted by atomic mass is 31.0. The zero-order valence-corrected chi connectivity index (χ0v) is 23.8. The molecule has 3 fully saturated rings. The summed E-state index contributed by atoms with van der Waals surface area (Å²) in [6.45, 7) is 4.32. The minimum absolute atomic E-state index is 0.173. The maximum atomic E-state index is 14.5. The molecule has 0 radical (unpaired) electrons. The highest BCUT2D eigenvalue weighted by Crippen LogP contribution is 2.49. The van der Waals surface area contributed by atoms with Crippen molar-refractivity contribution < 1.29 is 13.6 Å². The molecule has 2 bridgehead atoms. The van der Waals surface area contributed by atoms with Crippen molar-refractivity contribution in [3.05, 3.63) is 57.5 Å². The van der Waals surface area contributed by atoms with E-state index in [0.29, 0.717) is 41.6 Å². The highest BCUT2D eigenvalue weighted by Gasteiger charge is 2.51. The second kappa shape index (κ2) is 10.0. The summed E-state index contributed by atoms with van der Waals surface area (Å²) in [5.41, 5.74) is 0.928. The van der Waals surface area contributed by atoms with E-state index in [0.717, 1.165) is 30.3 Å². The molecule has 3 aliphatic rings. The first-order chi connectivity index (χ1) is 17.5. The van der Waals surface area contributed by atoms with Gasteiger partial charge in [-0.15, -0.1) is 9.24 Å². The van der Waals surface area contributed by atoms with Crippen molar-refractivity contribution >= 4 is 35.4 Å². The van der Waals surface area contributed by atoms with Gasteiger partial charge in [-0.1, -0.05) is 27.4 Å².